The normalized spacial score (nSPS) is 10.1. The van der Waals surface area contributed by atoms with Crippen LogP contribution in [-0.2, 0) is 0 Å². The summed E-state index contributed by atoms with van der Waals surface area (Å²) in [6.45, 7) is 1.67. The number of anilines is 1. The first-order chi connectivity index (χ1) is 7.66. The molecule has 0 aliphatic rings. The van der Waals surface area contributed by atoms with Gasteiger partial charge >= 0.3 is 0 Å². The van der Waals surface area contributed by atoms with Gasteiger partial charge in [0, 0.05) is 0 Å². The maximum absolute atomic E-state index is 11.7. The first-order valence-electron chi connectivity index (χ1n) is 4.36. The Kier molecular flexibility index (Phi) is 2.82. The Labute approximate surface area is 95.7 Å². The van der Waals surface area contributed by atoms with Crippen LogP contribution in [0, 0.1) is 6.92 Å². The fourth-order valence-corrected chi connectivity index (χ4v) is 1.24. The lowest BCUT2D eigenvalue weighted by Crippen LogP contribution is -2.13. The number of carbonyl (C=O) groups excluding carboxylic acids is 1. The molecule has 2 aromatic heterocycles. The molecule has 0 fully saturated rings. The zero-order valence-electron chi connectivity index (χ0n) is 8.27. The van der Waals surface area contributed by atoms with Crippen molar-refractivity contribution >= 4 is 23.3 Å². The molecule has 2 rings (SSSR count). The minimum absolute atomic E-state index is 0.141. The number of hydrogen-bond acceptors (Lipinski definition) is 5. The zero-order chi connectivity index (χ0) is 11.5. The molecule has 0 aromatic carbocycles. The van der Waals surface area contributed by atoms with E-state index in [0.29, 0.717) is 5.69 Å². The monoisotopic (exact) mass is 238 g/mol. The molecule has 1 N–H and O–H groups in total. The van der Waals surface area contributed by atoms with Crippen LogP contribution in [-0.4, -0.2) is 20.9 Å². The van der Waals surface area contributed by atoms with Crippen molar-refractivity contribution in [1.82, 2.24) is 15.0 Å². The van der Waals surface area contributed by atoms with Gasteiger partial charge in [0.1, 0.15) is 5.15 Å². The van der Waals surface area contributed by atoms with Gasteiger partial charge in [-0.25, -0.2) is 9.97 Å². The van der Waals surface area contributed by atoms with Crippen LogP contribution in [0.3, 0.4) is 0 Å². The van der Waals surface area contributed by atoms with Crippen molar-refractivity contribution in [3.8, 4) is 0 Å². The molecular weight excluding hydrogens is 232 g/mol. The number of nitrogens with zero attached hydrogens (tertiary/aromatic N) is 3. The van der Waals surface area contributed by atoms with Crippen LogP contribution in [0.1, 0.15) is 16.2 Å². The summed E-state index contributed by atoms with van der Waals surface area (Å²) in [6, 6.07) is 0. The minimum Gasteiger partial charge on any atom is -0.438 e. The number of nitrogens with one attached hydrogen (secondary N) is 1. The molecule has 1 amide bonds. The number of amides is 1. The van der Waals surface area contributed by atoms with E-state index in [2.05, 4.69) is 20.3 Å². The second-order valence-electron chi connectivity index (χ2n) is 2.95. The van der Waals surface area contributed by atoms with Crippen molar-refractivity contribution in [1.29, 1.82) is 0 Å². The molecule has 0 saturated heterocycles. The summed E-state index contributed by atoms with van der Waals surface area (Å²) in [7, 11) is 0. The molecule has 0 radical (unpaired) electrons. The van der Waals surface area contributed by atoms with Crippen molar-refractivity contribution in [3.05, 3.63) is 35.4 Å². The van der Waals surface area contributed by atoms with Crippen molar-refractivity contribution in [2.24, 2.45) is 0 Å². The van der Waals surface area contributed by atoms with Crippen LogP contribution >= 0.6 is 11.6 Å². The third kappa shape index (κ3) is 2.17. The third-order valence-electron chi connectivity index (χ3n) is 1.80. The largest absolute Gasteiger partial charge is 0.438 e. The van der Waals surface area contributed by atoms with Gasteiger partial charge in [-0.3, -0.25) is 9.78 Å². The molecule has 7 heteroatoms. The predicted octanol–water partition coefficient (Wildman–Crippen LogP) is 1.68. The number of aryl methyl sites for hydroxylation is 1. The fourth-order valence-electron chi connectivity index (χ4n) is 1.10. The van der Waals surface area contributed by atoms with Crippen LogP contribution in [0.15, 0.2) is 23.2 Å². The Morgan fingerprint density at radius 2 is 2.31 bits per heavy atom. The van der Waals surface area contributed by atoms with E-state index in [4.69, 9.17) is 16.0 Å². The van der Waals surface area contributed by atoms with Crippen LogP contribution in [0.25, 0.3) is 0 Å². The molecule has 0 atom stereocenters. The van der Waals surface area contributed by atoms with Gasteiger partial charge in [0.15, 0.2) is 12.2 Å². The Hall–Kier alpha value is -1.95. The van der Waals surface area contributed by atoms with E-state index in [1.165, 1.54) is 18.8 Å². The van der Waals surface area contributed by atoms with Crippen LogP contribution in [0.5, 0.6) is 0 Å². The minimum atomic E-state index is -0.438. The molecule has 0 aliphatic heterocycles. The Morgan fingerprint density at radius 3 is 2.94 bits per heavy atom. The number of hydrogen-bond donors (Lipinski definition) is 1. The molecule has 0 aliphatic carbocycles. The molecule has 0 unspecified atom stereocenters. The van der Waals surface area contributed by atoms with E-state index in [1.54, 1.807) is 6.92 Å². The Balaban J connectivity index is 2.17. The van der Waals surface area contributed by atoms with Gasteiger partial charge < -0.3 is 9.73 Å². The summed E-state index contributed by atoms with van der Waals surface area (Å²) < 4.78 is 4.92. The van der Waals surface area contributed by atoms with Crippen LogP contribution in [0.4, 0.5) is 5.82 Å². The van der Waals surface area contributed by atoms with Gasteiger partial charge in [-0.05, 0) is 6.92 Å². The van der Waals surface area contributed by atoms with Gasteiger partial charge in [0.2, 0.25) is 5.76 Å². The average Bonchev–Trinajstić information content (AvgIpc) is 2.64. The van der Waals surface area contributed by atoms with E-state index >= 15 is 0 Å². The number of carbonyl (C=O) groups is 1. The SMILES string of the molecule is Cc1ncoc1C(=O)Nc1cncc(Cl)n1. The van der Waals surface area contributed by atoms with Crippen LogP contribution < -0.4 is 5.32 Å². The quantitative estimate of drug-likeness (QED) is 0.861. The standard InChI is InChI=1S/C9H7ClN4O2/c1-5-8(16-4-12-5)9(15)14-7-3-11-2-6(10)13-7/h2-4H,1H3,(H,13,14,15). The third-order valence-corrected chi connectivity index (χ3v) is 1.98. The van der Waals surface area contributed by atoms with Gasteiger partial charge in [-0.1, -0.05) is 11.6 Å². The predicted molar refractivity (Wildman–Crippen MR) is 56.2 cm³/mol. The smallest absolute Gasteiger partial charge is 0.294 e. The average molecular weight is 239 g/mol. The molecule has 0 bridgehead atoms. The molecule has 6 nitrogen and oxygen atoms in total. The van der Waals surface area contributed by atoms with Crippen molar-refractivity contribution in [2.75, 3.05) is 5.32 Å². The van der Waals surface area contributed by atoms with Gasteiger partial charge in [0.05, 0.1) is 18.1 Å². The number of oxazole rings is 1. The highest BCUT2D eigenvalue weighted by Gasteiger charge is 2.14. The summed E-state index contributed by atoms with van der Waals surface area (Å²) >= 11 is 5.62. The summed E-state index contributed by atoms with van der Waals surface area (Å²) in [5, 5.41) is 2.70. The lowest BCUT2D eigenvalue weighted by Gasteiger charge is -2.01. The van der Waals surface area contributed by atoms with Gasteiger partial charge in [-0.15, -0.1) is 0 Å². The Bertz CT molecular complexity index is 526. The number of rotatable bonds is 2. The van der Waals surface area contributed by atoms with Gasteiger partial charge in [-0.2, -0.15) is 0 Å². The Morgan fingerprint density at radius 1 is 1.50 bits per heavy atom. The maximum atomic E-state index is 11.7. The highest BCUT2D eigenvalue weighted by molar-refractivity contribution is 6.29. The van der Waals surface area contributed by atoms with E-state index < -0.39 is 5.91 Å². The van der Waals surface area contributed by atoms with Crippen molar-refractivity contribution in [3.63, 3.8) is 0 Å². The summed E-state index contributed by atoms with van der Waals surface area (Å²) in [5.74, 6) is -0.0401. The first-order valence-corrected chi connectivity index (χ1v) is 4.73. The lowest BCUT2D eigenvalue weighted by molar-refractivity contribution is 0.0995. The second-order valence-corrected chi connectivity index (χ2v) is 3.34. The molecule has 0 saturated carbocycles. The van der Waals surface area contributed by atoms with E-state index in [-0.39, 0.29) is 16.7 Å². The highest BCUT2D eigenvalue weighted by Crippen LogP contribution is 2.10. The summed E-state index contributed by atoms with van der Waals surface area (Å²) in [6.07, 6.45) is 3.96. The van der Waals surface area contributed by atoms with Crippen molar-refractivity contribution in [2.45, 2.75) is 6.92 Å². The molecule has 2 heterocycles. The van der Waals surface area contributed by atoms with Gasteiger partial charge in [0.25, 0.3) is 5.91 Å². The number of aromatic nitrogens is 3. The lowest BCUT2D eigenvalue weighted by atomic mass is 10.3. The molecule has 82 valence electrons. The van der Waals surface area contributed by atoms with E-state index in [9.17, 15) is 4.79 Å². The van der Waals surface area contributed by atoms with E-state index in [1.807, 2.05) is 0 Å². The number of halogens is 1. The summed E-state index contributed by atoms with van der Waals surface area (Å²) in [4.78, 5) is 23.1. The highest BCUT2D eigenvalue weighted by atomic mass is 35.5. The zero-order valence-corrected chi connectivity index (χ0v) is 9.02. The van der Waals surface area contributed by atoms with Crippen molar-refractivity contribution < 1.29 is 9.21 Å². The molecule has 0 spiro atoms. The molecule has 16 heavy (non-hydrogen) atoms. The maximum Gasteiger partial charge on any atom is 0.294 e. The first kappa shape index (κ1) is 10.6. The van der Waals surface area contributed by atoms with E-state index in [0.717, 1.165) is 0 Å². The topological polar surface area (TPSA) is 80.9 Å². The molecule has 2 aromatic rings. The summed E-state index contributed by atoms with van der Waals surface area (Å²) in [5.41, 5.74) is 0.507. The molecular formula is C9H7ClN4O2. The second kappa shape index (κ2) is 4.28. The fraction of sp³-hybridized carbons (Fsp3) is 0.111. The van der Waals surface area contributed by atoms with Crippen LogP contribution in [0.2, 0.25) is 5.15 Å².